The number of rotatable bonds is 6. The minimum atomic E-state index is 0.366. The second-order valence-corrected chi connectivity index (χ2v) is 7.73. The third-order valence-electron chi connectivity index (χ3n) is 4.38. The first kappa shape index (κ1) is 18.0. The van der Waals surface area contributed by atoms with E-state index >= 15 is 0 Å². The number of thiophene rings is 1. The summed E-state index contributed by atoms with van der Waals surface area (Å²) in [4.78, 5) is 3.93. The summed E-state index contributed by atoms with van der Waals surface area (Å²) in [6.45, 7) is 13.4. The molecule has 1 heterocycles. The van der Waals surface area contributed by atoms with Gasteiger partial charge in [-0.25, -0.2) is 0 Å². The van der Waals surface area contributed by atoms with Gasteiger partial charge in [0.15, 0.2) is 0 Å². The van der Waals surface area contributed by atoms with Gasteiger partial charge in [0.25, 0.3) is 0 Å². The van der Waals surface area contributed by atoms with Crippen LogP contribution in [0.5, 0.6) is 5.75 Å². The molecule has 0 fully saturated rings. The van der Waals surface area contributed by atoms with Crippen LogP contribution in [-0.2, 0) is 0 Å². The van der Waals surface area contributed by atoms with E-state index in [9.17, 15) is 5.11 Å². The fourth-order valence-corrected chi connectivity index (χ4v) is 4.62. The molecule has 1 atom stereocenters. The van der Waals surface area contributed by atoms with Crippen LogP contribution in [0, 0.1) is 6.92 Å². The second-order valence-electron chi connectivity index (χ2n) is 6.78. The van der Waals surface area contributed by atoms with Gasteiger partial charge in [-0.1, -0.05) is 18.6 Å². The maximum Gasteiger partial charge on any atom is 0.123 e. The molecule has 0 amide bonds. The summed E-state index contributed by atoms with van der Waals surface area (Å²) in [6.07, 6.45) is 1.07. The van der Waals surface area contributed by atoms with Crippen LogP contribution in [0.2, 0.25) is 0 Å². The Morgan fingerprint density at radius 3 is 2.26 bits per heavy atom. The smallest absolute Gasteiger partial charge is 0.123 e. The number of phenolic OH excluding ortho intramolecular Hbond substituents is 1. The molecule has 126 valence electrons. The standard InChI is InChI=1S/C20H29NOS/c1-7-18(21(13(2)3)14(4)5)20-16(10-11-23-20)17-12-15(6)8-9-19(17)22/h8-14,18,22H,7H2,1-6H3. The van der Waals surface area contributed by atoms with Crippen LogP contribution in [0.3, 0.4) is 0 Å². The molecule has 2 aromatic rings. The van der Waals surface area contributed by atoms with Crippen molar-refractivity contribution in [3.05, 3.63) is 40.1 Å². The van der Waals surface area contributed by atoms with E-state index in [2.05, 4.69) is 64.0 Å². The van der Waals surface area contributed by atoms with E-state index in [-0.39, 0.29) is 0 Å². The van der Waals surface area contributed by atoms with Gasteiger partial charge in [-0.05, 0) is 64.6 Å². The molecular formula is C20H29NOS. The van der Waals surface area contributed by atoms with Crippen molar-refractivity contribution in [1.29, 1.82) is 0 Å². The van der Waals surface area contributed by atoms with Gasteiger partial charge in [0.05, 0.1) is 0 Å². The monoisotopic (exact) mass is 331 g/mol. The Morgan fingerprint density at radius 1 is 1.04 bits per heavy atom. The van der Waals surface area contributed by atoms with Crippen molar-refractivity contribution in [3.8, 4) is 16.9 Å². The zero-order valence-corrected chi connectivity index (χ0v) is 15.9. The summed E-state index contributed by atoms with van der Waals surface area (Å²) in [6, 6.07) is 9.34. The van der Waals surface area contributed by atoms with Gasteiger partial charge in [-0.3, -0.25) is 4.90 Å². The molecule has 1 unspecified atom stereocenters. The van der Waals surface area contributed by atoms with E-state index in [1.165, 1.54) is 16.0 Å². The van der Waals surface area contributed by atoms with Crippen molar-refractivity contribution in [2.24, 2.45) is 0 Å². The Labute approximate surface area is 144 Å². The predicted molar refractivity (Wildman–Crippen MR) is 101 cm³/mol. The molecule has 2 rings (SSSR count). The van der Waals surface area contributed by atoms with Crippen molar-refractivity contribution in [3.63, 3.8) is 0 Å². The molecule has 1 N–H and O–H groups in total. The first-order valence-corrected chi connectivity index (χ1v) is 9.39. The third kappa shape index (κ3) is 3.78. The average molecular weight is 332 g/mol. The SMILES string of the molecule is CCC(c1sccc1-c1cc(C)ccc1O)N(C(C)C)C(C)C. The highest BCUT2D eigenvalue weighted by Crippen LogP contribution is 2.42. The highest BCUT2D eigenvalue weighted by atomic mass is 32.1. The molecule has 0 bridgehead atoms. The third-order valence-corrected chi connectivity index (χ3v) is 5.40. The number of hydrogen-bond acceptors (Lipinski definition) is 3. The minimum Gasteiger partial charge on any atom is -0.507 e. The summed E-state index contributed by atoms with van der Waals surface area (Å²) in [7, 11) is 0. The number of hydrogen-bond donors (Lipinski definition) is 1. The van der Waals surface area contributed by atoms with Crippen molar-refractivity contribution in [2.75, 3.05) is 0 Å². The summed E-state index contributed by atoms with van der Waals surface area (Å²) < 4.78 is 0. The van der Waals surface area contributed by atoms with Crippen LogP contribution in [0.25, 0.3) is 11.1 Å². The molecule has 1 aromatic carbocycles. The lowest BCUT2D eigenvalue weighted by Crippen LogP contribution is -2.39. The summed E-state index contributed by atoms with van der Waals surface area (Å²) in [5.74, 6) is 0.366. The van der Waals surface area contributed by atoms with Crippen LogP contribution < -0.4 is 0 Å². The molecule has 2 nitrogen and oxygen atoms in total. The van der Waals surface area contributed by atoms with E-state index in [0.717, 1.165) is 12.0 Å². The van der Waals surface area contributed by atoms with E-state index in [1.807, 2.05) is 6.07 Å². The molecule has 3 heteroatoms. The van der Waals surface area contributed by atoms with Crippen LogP contribution in [0.15, 0.2) is 29.6 Å². The number of phenols is 1. The fraction of sp³-hybridized carbons (Fsp3) is 0.500. The Morgan fingerprint density at radius 2 is 1.70 bits per heavy atom. The summed E-state index contributed by atoms with van der Waals surface area (Å²) >= 11 is 1.80. The molecular weight excluding hydrogens is 302 g/mol. The van der Waals surface area contributed by atoms with E-state index in [4.69, 9.17) is 0 Å². The van der Waals surface area contributed by atoms with Gasteiger partial charge in [0.2, 0.25) is 0 Å². The maximum atomic E-state index is 10.3. The first-order valence-electron chi connectivity index (χ1n) is 8.51. The van der Waals surface area contributed by atoms with Gasteiger partial charge in [-0.2, -0.15) is 0 Å². The van der Waals surface area contributed by atoms with Gasteiger partial charge in [0, 0.05) is 34.1 Å². The topological polar surface area (TPSA) is 23.5 Å². The normalized spacial score (nSPS) is 13.3. The first-order chi connectivity index (χ1) is 10.9. The van der Waals surface area contributed by atoms with Crippen molar-refractivity contribution in [1.82, 2.24) is 4.90 Å². The highest BCUT2D eigenvalue weighted by Gasteiger charge is 2.27. The Hall–Kier alpha value is -1.32. The van der Waals surface area contributed by atoms with Crippen molar-refractivity contribution < 1.29 is 5.11 Å². The largest absolute Gasteiger partial charge is 0.507 e. The van der Waals surface area contributed by atoms with Crippen LogP contribution in [0.1, 0.15) is 57.5 Å². The van der Waals surface area contributed by atoms with Gasteiger partial charge < -0.3 is 5.11 Å². The molecule has 1 aromatic heterocycles. The molecule has 0 radical (unpaired) electrons. The zero-order valence-electron chi connectivity index (χ0n) is 15.1. The average Bonchev–Trinajstić information content (AvgIpc) is 2.95. The van der Waals surface area contributed by atoms with Crippen molar-refractivity contribution in [2.45, 2.75) is 66.1 Å². The Balaban J connectivity index is 2.52. The quantitative estimate of drug-likeness (QED) is 0.702. The lowest BCUT2D eigenvalue weighted by Gasteiger charge is -2.38. The minimum absolute atomic E-state index is 0.366. The van der Waals surface area contributed by atoms with E-state index < -0.39 is 0 Å². The zero-order chi connectivity index (χ0) is 17.1. The summed E-state index contributed by atoms with van der Waals surface area (Å²) in [5, 5.41) is 12.5. The number of aryl methyl sites for hydroxylation is 1. The van der Waals surface area contributed by atoms with Crippen LogP contribution >= 0.6 is 11.3 Å². The molecule has 0 aliphatic carbocycles. The van der Waals surface area contributed by atoms with Crippen molar-refractivity contribution >= 4 is 11.3 Å². The second kappa shape index (κ2) is 7.50. The molecule has 0 aliphatic heterocycles. The number of nitrogens with zero attached hydrogens (tertiary/aromatic N) is 1. The fourth-order valence-electron chi connectivity index (χ4n) is 3.51. The maximum absolute atomic E-state index is 10.3. The van der Waals surface area contributed by atoms with E-state index in [1.54, 1.807) is 17.4 Å². The van der Waals surface area contributed by atoms with Gasteiger partial charge in [-0.15, -0.1) is 11.3 Å². The number of aromatic hydroxyl groups is 1. The molecule has 0 spiro atoms. The lowest BCUT2D eigenvalue weighted by atomic mass is 9.97. The lowest BCUT2D eigenvalue weighted by molar-refractivity contribution is 0.111. The van der Waals surface area contributed by atoms with Gasteiger partial charge in [0.1, 0.15) is 5.75 Å². The predicted octanol–water partition coefficient (Wildman–Crippen LogP) is 6.00. The van der Waals surface area contributed by atoms with E-state index in [0.29, 0.717) is 23.9 Å². The Kier molecular flexibility index (Phi) is 5.88. The summed E-state index contributed by atoms with van der Waals surface area (Å²) in [5.41, 5.74) is 3.30. The number of benzene rings is 1. The Bertz CT molecular complexity index is 637. The molecule has 0 aliphatic rings. The molecule has 23 heavy (non-hydrogen) atoms. The van der Waals surface area contributed by atoms with Crippen LogP contribution in [0.4, 0.5) is 0 Å². The highest BCUT2D eigenvalue weighted by molar-refractivity contribution is 7.10. The molecule has 0 saturated heterocycles. The molecule has 0 saturated carbocycles. The van der Waals surface area contributed by atoms with Crippen LogP contribution in [-0.4, -0.2) is 22.1 Å². The van der Waals surface area contributed by atoms with Gasteiger partial charge >= 0.3 is 0 Å².